The van der Waals surface area contributed by atoms with Gasteiger partial charge >= 0.3 is 5.97 Å². The van der Waals surface area contributed by atoms with Crippen molar-refractivity contribution in [3.63, 3.8) is 0 Å². The number of amides is 1. The summed E-state index contributed by atoms with van der Waals surface area (Å²) in [7, 11) is -0.956. The van der Waals surface area contributed by atoms with Crippen molar-refractivity contribution in [2.75, 3.05) is 26.0 Å². The highest BCUT2D eigenvalue weighted by Crippen LogP contribution is 2.25. The molecule has 9 heteroatoms. The number of ether oxygens (including phenoxy) is 1. The summed E-state index contributed by atoms with van der Waals surface area (Å²) < 4.78 is 31.0. The smallest absolute Gasteiger partial charge is 0.338 e. The quantitative estimate of drug-likeness (QED) is 0.630. The number of sulfonamides is 1. The number of halogens is 1. The molecule has 0 aliphatic rings. The highest BCUT2D eigenvalue weighted by atomic mass is 79.9. The second kappa shape index (κ2) is 9.31. The molecule has 0 fully saturated rings. The number of hydrogen-bond donors (Lipinski definition) is 1. The lowest BCUT2D eigenvalue weighted by atomic mass is 10.1. The maximum Gasteiger partial charge on any atom is 0.338 e. The Morgan fingerprint density at radius 1 is 1.14 bits per heavy atom. The number of hydrogen-bond acceptors (Lipinski definition) is 5. The van der Waals surface area contributed by atoms with Crippen LogP contribution in [-0.4, -0.2) is 45.3 Å². The molecule has 0 aliphatic heterocycles. The molecule has 28 heavy (non-hydrogen) atoms. The molecule has 0 unspecified atom stereocenters. The Morgan fingerprint density at radius 3 is 2.50 bits per heavy atom. The largest absolute Gasteiger partial charge is 0.452 e. The number of carbonyl (C=O) groups excluding carboxylic acids is 2. The van der Waals surface area contributed by atoms with E-state index in [1.165, 1.54) is 32.3 Å². The highest BCUT2D eigenvalue weighted by molar-refractivity contribution is 9.10. The lowest BCUT2D eigenvalue weighted by Gasteiger charge is -2.14. The molecule has 0 atom stereocenters. The van der Waals surface area contributed by atoms with Gasteiger partial charge in [0.15, 0.2) is 6.61 Å². The standard InChI is InChI=1S/C19H21BrN2O5S/c1-4-13-6-5-7-15(10-13)21-18(23)12-27-19(24)14-8-9-16(20)17(11-14)28(25,26)22(2)3/h5-11H,4,12H2,1-3H3,(H,21,23). The fourth-order valence-corrected chi connectivity index (χ4v) is 4.15. The molecule has 0 saturated heterocycles. The van der Waals surface area contributed by atoms with Gasteiger partial charge in [-0.05, 0) is 58.2 Å². The van der Waals surface area contributed by atoms with E-state index in [4.69, 9.17) is 4.74 Å². The van der Waals surface area contributed by atoms with Crippen molar-refractivity contribution in [1.29, 1.82) is 0 Å². The van der Waals surface area contributed by atoms with Gasteiger partial charge in [-0.2, -0.15) is 0 Å². The van der Waals surface area contributed by atoms with Crippen LogP contribution in [0.2, 0.25) is 0 Å². The van der Waals surface area contributed by atoms with Gasteiger partial charge in [0.25, 0.3) is 5.91 Å². The van der Waals surface area contributed by atoms with Gasteiger partial charge in [0.05, 0.1) is 10.5 Å². The van der Waals surface area contributed by atoms with Crippen molar-refractivity contribution in [3.05, 3.63) is 58.1 Å². The summed E-state index contributed by atoms with van der Waals surface area (Å²) in [5, 5.41) is 2.66. The van der Waals surface area contributed by atoms with E-state index in [1.807, 2.05) is 25.1 Å². The van der Waals surface area contributed by atoms with E-state index in [1.54, 1.807) is 6.07 Å². The zero-order valence-corrected chi connectivity index (χ0v) is 18.1. The molecule has 1 amide bonds. The number of nitrogens with zero attached hydrogens (tertiary/aromatic N) is 1. The molecule has 0 aromatic heterocycles. The third kappa shape index (κ3) is 5.40. The highest BCUT2D eigenvalue weighted by Gasteiger charge is 2.22. The van der Waals surface area contributed by atoms with Crippen LogP contribution in [0, 0.1) is 0 Å². The average molecular weight is 469 g/mol. The predicted octanol–water partition coefficient (Wildman–Crippen LogP) is 3.06. The van der Waals surface area contributed by atoms with Crippen molar-refractivity contribution in [1.82, 2.24) is 4.31 Å². The van der Waals surface area contributed by atoms with Gasteiger partial charge in [-0.25, -0.2) is 17.5 Å². The van der Waals surface area contributed by atoms with Crippen LogP contribution in [0.4, 0.5) is 5.69 Å². The van der Waals surface area contributed by atoms with Gasteiger partial charge < -0.3 is 10.1 Å². The van der Waals surface area contributed by atoms with Crippen molar-refractivity contribution < 1.29 is 22.7 Å². The van der Waals surface area contributed by atoms with Crippen LogP contribution in [0.3, 0.4) is 0 Å². The summed E-state index contributed by atoms with van der Waals surface area (Å²) in [6.45, 7) is 1.52. The molecule has 0 radical (unpaired) electrons. The van der Waals surface area contributed by atoms with E-state index in [9.17, 15) is 18.0 Å². The minimum absolute atomic E-state index is 0.0319. The molecule has 2 rings (SSSR count). The summed E-state index contributed by atoms with van der Waals surface area (Å²) in [6, 6.07) is 11.4. The second-order valence-electron chi connectivity index (χ2n) is 6.11. The Kier molecular flexibility index (Phi) is 7.34. The molecule has 1 N–H and O–H groups in total. The van der Waals surface area contributed by atoms with Gasteiger partial charge in [-0.15, -0.1) is 0 Å². The maximum atomic E-state index is 12.3. The van der Waals surface area contributed by atoms with Crippen molar-refractivity contribution in [2.24, 2.45) is 0 Å². The number of benzene rings is 2. The minimum atomic E-state index is -3.74. The van der Waals surface area contributed by atoms with E-state index in [-0.39, 0.29) is 10.5 Å². The fourth-order valence-electron chi connectivity index (χ4n) is 2.31. The number of rotatable bonds is 7. The molecule has 0 heterocycles. The monoisotopic (exact) mass is 468 g/mol. The first-order valence-corrected chi connectivity index (χ1v) is 10.7. The molecular formula is C19H21BrN2O5S. The van der Waals surface area contributed by atoms with Crippen LogP contribution in [-0.2, 0) is 26.0 Å². The molecule has 0 saturated carbocycles. The molecule has 2 aromatic carbocycles. The SMILES string of the molecule is CCc1cccc(NC(=O)COC(=O)c2ccc(Br)c(S(=O)(=O)N(C)C)c2)c1. The molecule has 2 aromatic rings. The summed E-state index contributed by atoms with van der Waals surface area (Å²) >= 11 is 3.17. The van der Waals surface area contributed by atoms with Gasteiger partial charge in [-0.1, -0.05) is 19.1 Å². The van der Waals surface area contributed by atoms with Crippen molar-refractivity contribution in [3.8, 4) is 0 Å². The second-order valence-corrected chi connectivity index (χ2v) is 9.09. The normalized spacial score (nSPS) is 11.3. The van der Waals surface area contributed by atoms with Crippen LogP contribution >= 0.6 is 15.9 Å². The third-order valence-corrected chi connectivity index (χ3v) is 6.69. The minimum Gasteiger partial charge on any atom is -0.452 e. The molecular weight excluding hydrogens is 448 g/mol. The van der Waals surface area contributed by atoms with E-state index in [0.29, 0.717) is 10.2 Å². The topological polar surface area (TPSA) is 92.8 Å². The van der Waals surface area contributed by atoms with Crippen LogP contribution in [0.15, 0.2) is 51.8 Å². The predicted molar refractivity (Wildman–Crippen MR) is 110 cm³/mol. The molecule has 0 aliphatic carbocycles. The van der Waals surface area contributed by atoms with Crippen LogP contribution in [0.25, 0.3) is 0 Å². The van der Waals surface area contributed by atoms with E-state index < -0.39 is 28.5 Å². The first kappa shape index (κ1) is 22.1. The number of anilines is 1. The first-order valence-electron chi connectivity index (χ1n) is 8.43. The van der Waals surface area contributed by atoms with Gasteiger partial charge in [0.2, 0.25) is 10.0 Å². The van der Waals surface area contributed by atoms with Crippen LogP contribution < -0.4 is 5.32 Å². The van der Waals surface area contributed by atoms with Crippen molar-refractivity contribution in [2.45, 2.75) is 18.2 Å². The summed E-state index contributed by atoms with van der Waals surface area (Å²) in [5.74, 6) is -1.28. The summed E-state index contributed by atoms with van der Waals surface area (Å²) in [6.07, 6.45) is 0.834. The number of nitrogens with one attached hydrogen (secondary N) is 1. The Labute approximate surface area is 172 Å². The van der Waals surface area contributed by atoms with Crippen molar-refractivity contribution >= 4 is 43.5 Å². The van der Waals surface area contributed by atoms with Crippen LogP contribution in [0.5, 0.6) is 0 Å². The molecule has 0 bridgehead atoms. The molecule has 0 spiro atoms. The van der Waals surface area contributed by atoms with E-state index >= 15 is 0 Å². The number of aryl methyl sites for hydroxylation is 1. The van der Waals surface area contributed by atoms with Gasteiger partial charge in [0, 0.05) is 24.3 Å². The van der Waals surface area contributed by atoms with Gasteiger partial charge in [0.1, 0.15) is 0 Å². The lowest BCUT2D eigenvalue weighted by molar-refractivity contribution is -0.119. The third-order valence-electron chi connectivity index (χ3n) is 3.88. The van der Waals surface area contributed by atoms with E-state index in [2.05, 4.69) is 21.2 Å². The molecule has 150 valence electrons. The number of carbonyl (C=O) groups is 2. The van der Waals surface area contributed by atoms with Crippen LogP contribution in [0.1, 0.15) is 22.8 Å². The Bertz CT molecular complexity index is 990. The molecule has 7 nitrogen and oxygen atoms in total. The Hall–Kier alpha value is -2.23. The lowest BCUT2D eigenvalue weighted by Crippen LogP contribution is -2.23. The zero-order chi connectivity index (χ0) is 20.9. The number of esters is 1. The summed E-state index contributed by atoms with van der Waals surface area (Å²) in [4.78, 5) is 24.2. The van der Waals surface area contributed by atoms with E-state index in [0.717, 1.165) is 16.3 Å². The Balaban J connectivity index is 2.06. The zero-order valence-electron chi connectivity index (χ0n) is 15.7. The summed E-state index contributed by atoms with van der Waals surface area (Å²) in [5.41, 5.74) is 1.71. The van der Waals surface area contributed by atoms with Gasteiger partial charge in [-0.3, -0.25) is 4.79 Å². The average Bonchev–Trinajstić information content (AvgIpc) is 2.66. The maximum absolute atomic E-state index is 12.3. The first-order chi connectivity index (χ1) is 13.1. The fraction of sp³-hybridized carbons (Fsp3) is 0.263. The Morgan fingerprint density at radius 2 is 1.86 bits per heavy atom.